The lowest BCUT2D eigenvalue weighted by molar-refractivity contribution is 0.346. The summed E-state index contributed by atoms with van der Waals surface area (Å²) >= 11 is 9.17. The maximum absolute atomic E-state index is 12.4. The van der Waals surface area contributed by atoms with Gasteiger partial charge in [0.15, 0.2) is 0 Å². The van der Waals surface area contributed by atoms with Gasteiger partial charge in [-0.25, -0.2) is 8.42 Å². The minimum absolute atomic E-state index is 0.256. The fourth-order valence-electron chi connectivity index (χ4n) is 1.93. The standard InChI is InChI=1S/C11H13BrClNO2S/c12-11-9(13)5-4-6-10(11)17(15,16)14-7-2-1-3-8-14/h4-6H,1-3,7-8H2. The minimum atomic E-state index is -3.41. The molecule has 0 aromatic heterocycles. The van der Waals surface area contributed by atoms with E-state index in [1.165, 1.54) is 4.31 Å². The molecule has 1 saturated heterocycles. The van der Waals surface area contributed by atoms with Crippen molar-refractivity contribution in [1.82, 2.24) is 4.31 Å². The van der Waals surface area contributed by atoms with Crippen LogP contribution in [-0.4, -0.2) is 25.8 Å². The quantitative estimate of drug-likeness (QED) is 0.830. The summed E-state index contributed by atoms with van der Waals surface area (Å²) in [5.74, 6) is 0. The molecule has 1 aliphatic heterocycles. The molecule has 0 N–H and O–H groups in total. The van der Waals surface area contributed by atoms with Gasteiger partial charge in [0.05, 0.1) is 14.4 Å². The van der Waals surface area contributed by atoms with Gasteiger partial charge in [0.1, 0.15) is 0 Å². The molecule has 0 aliphatic carbocycles. The molecule has 94 valence electrons. The summed E-state index contributed by atoms with van der Waals surface area (Å²) in [4.78, 5) is 0.256. The first kappa shape index (κ1) is 13.3. The maximum Gasteiger partial charge on any atom is 0.244 e. The fourth-order valence-corrected chi connectivity index (χ4v) is 4.64. The minimum Gasteiger partial charge on any atom is -0.207 e. The van der Waals surface area contributed by atoms with Crippen molar-refractivity contribution in [2.45, 2.75) is 24.2 Å². The number of hydrogen-bond acceptors (Lipinski definition) is 2. The zero-order chi connectivity index (χ0) is 12.5. The Hall–Kier alpha value is -0.100. The van der Waals surface area contributed by atoms with E-state index in [1.807, 2.05) is 0 Å². The van der Waals surface area contributed by atoms with E-state index in [1.54, 1.807) is 18.2 Å². The van der Waals surface area contributed by atoms with Gasteiger partial charge in [-0.1, -0.05) is 24.1 Å². The van der Waals surface area contributed by atoms with E-state index in [0.29, 0.717) is 22.6 Å². The summed E-state index contributed by atoms with van der Waals surface area (Å²) in [6.07, 6.45) is 2.96. The van der Waals surface area contributed by atoms with Gasteiger partial charge in [-0.15, -0.1) is 0 Å². The molecule has 17 heavy (non-hydrogen) atoms. The highest BCUT2D eigenvalue weighted by atomic mass is 79.9. The van der Waals surface area contributed by atoms with Crippen LogP contribution in [0.2, 0.25) is 5.02 Å². The summed E-state index contributed by atoms with van der Waals surface area (Å²) in [6.45, 7) is 1.20. The van der Waals surface area contributed by atoms with Crippen molar-refractivity contribution in [3.8, 4) is 0 Å². The van der Waals surface area contributed by atoms with Gasteiger partial charge >= 0.3 is 0 Å². The number of rotatable bonds is 2. The van der Waals surface area contributed by atoms with Crippen LogP contribution in [-0.2, 0) is 10.0 Å². The Morgan fingerprint density at radius 3 is 2.47 bits per heavy atom. The van der Waals surface area contributed by atoms with Crippen molar-refractivity contribution in [3.63, 3.8) is 0 Å². The van der Waals surface area contributed by atoms with Crippen molar-refractivity contribution in [2.24, 2.45) is 0 Å². The largest absolute Gasteiger partial charge is 0.244 e. The second-order valence-corrected chi connectivity index (χ2v) is 7.12. The fraction of sp³-hybridized carbons (Fsp3) is 0.455. The number of benzene rings is 1. The summed E-state index contributed by atoms with van der Waals surface area (Å²) in [7, 11) is -3.41. The molecular weight excluding hydrogens is 326 g/mol. The number of piperidine rings is 1. The van der Waals surface area contributed by atoms with Crippen LogP contribution < -0.4 is 0 Å². The Morgan fingerprint density at radius 1 is 1.18 bits per heavy atom. The van der Waals surface area contributed by atoms with Crippen LogP contribution in [0.5, 0.6) is 0 Å². The molecule has 6 heteroatoms. The molecule has 0 spiro atoms. The van der Waals surface area contributed by atoms with E-state index in [4.69, 9.17) is 11.6 Å². The maximum atomic E-state index is 12.4. The van der Waals surface area contributed by atoms with Crippen molar-refractivity contribution in [2.75, 3.05) is 13.1 Å². The van der Waals surface area contributed by atoms with Crippen molar-refractivity contribution < 1.29 is 8.42 Å². The molecule has 0 bridgehead atoms. The van der Waals surface area contributed by atoms with E-state index in [9.17, 15) is 8.42 Å². The molecule has 0 atom stereocenters. The second-order valence-electron chi connectivity index (χ2n) is 4.02. The van der Waals surface area contributed by atoms with Gasteiger partial charge in [0.25, 0.3) is 0 Å². The van der Waals surface area contributed by atoms with Gasteiger partial charge in [0.2, 0.25) is 10.0 Å². The van der Waals surface area contributed by atoms with Crippen LogP contribution in [0, 0.1) is 0 Å². The summed E-state index contributed by atoms with van der Waals surface area (Å²) in [6, 6.07) is 4.91. The number of hydrogen-bond donors (Lipinski definition) is 0. The lowest BCUT2D eigenvalue weighted by atomic mass is 10.2. The van der Waals surface area contributed by atoms with E-state index >= 15 is 0 Å². The monoisotopic (exact) mass is 337 g/mol. The van der Waals surface area contributed by atoms with Crippen molar-refractivity contribution in [3.05, 3.63) is 27.7 Å². The average molecular weight is 339 g/mol. The van der Waals surface area contributed by atoms with Crippen molar-refractivity contribution in [1.29, 1.82) is 0 Å². The van der Waals surface area contributed by atoms with Crippen LogP contribution in [0.15, 0.2) is 27.6 Å². The topological polar surface area (TPSA) is 37.4 Å². The highest BCUT2D eigenvalue weighted by Crippen LogP contribution is 2.32. The Labute approximate surface area is 115 Å². The first-order valence-corrected chi connectivity index (χ1v) is 8.09. The normalized spacial score (nSPS) is 18.2. The van der Waals surface area contributed by atoms with Crippen LogP contribution in [0.4, 0.5) is 0 Å². The van der Waals surface area contributed by atoms with E-state index in [2.05, 4.69) is 15.9 Å². The predicted octanol–water partition coefficient (Wildman–Crippen LogP) is 3.28. The van der Waals surface area contributed by atoms with E-state index in [-0.39, 0.29) is 4.90 Å². The lowest BCUT2D eigenvalue weighted by Gasteiger charge is -2.26. The third-order valence-corrected chi connectivity index (χ3v) is 6.45. The molecule has 1 aliphatic rings. The molecule has 2 rings (SSSR count). The number of sulfonamides is 1. The SMILES string of the molecule is O=S(=O)(c1cccc(Cl)c1Br)N1CCCCC1. The molecule has 0 amide bonds. The molecule has 0 saturated carbocycles. The van der Waals surface area contributed by atoms with Gasteiger partial charge < -0.3 is 0 Å². The van der Waals surface area contributed by atoms with Crippen LogP contribution >= 0.6 is 27.5 Å². The predicted molar refractivity (Wildman–Crippen MR) is 71.8 cm³/mol. The van der Waals surface area contributed by atoms with Gasteiger partial charge in [0, 0.05) is 13.1 Å². The number of halogens is 2. The molecule has 1 fully saturated rings. The first-order chi connectivity index (χ1) is 8.03. The zero-order valence-electron chi connectivity index (χ0n) is 9.20. The number of nitrogens with zero attached hydrogens (tertiary/aromatic N) is 1. The zero-order valence-corrected chi connectivity index (χ0v) is 12.4. The third kappa shape index (κ3) is 2.67. The molecule has 1 aromatic rings. The highest BCUT2D eigenvalue weighted by molar-refractivity contribution is 9.10. The molecule has 0 radical (unpaired) electrons. The second kappa shape index (κ2) is 5.26. The lowest BCUT2D eigenvalue weighted by Crippen LogP contribution is -2.35. The van der Waals surface area contributed by atoms with Crippen LogP contribution in [0.3, 0.4) is 0 Å². The first-order valence-electron chi connectivity index (χ1n) is 5.47. The molecule has 1 aromatic carbocycles. The van der Waals surface area contributed by atoms with Crippen molar-refractivity contribution >= 4 is 37.6 Å². The van der Waals surface area contributed by atoms with E-state index < -0.39 is 10.0 Å². The summed E-state index contributed by atoms with van der Waals surface area (Å²) < 4.78 is 26.8. The average Bonchev–Trinajstić information content (AvgIpc) is 2.33. The summed E-state index contributed by atoms with van der Waals surface area (Å²) in [5, 5.41) is 0.420. The highest BCUT2D eigenvalue weighted by Gasteiger charge is 2.28. The molecule has 3 nitrogen and oxygen atoms in total. The smallest absolute Gasteiger partial charge is 0.207 e. The van der Waals surface area contributed by atoms with E-state index in [0.717, 1.165) is 19.3 Å². The van der Waals surface area contributed by atoms with Crippen LogP contribution in [0.1, 0.15) is 19.3 Å². The summed E-state index contributed by atoms with van der Waals surface area (Å²) in [5.41, 5.74) is 0. The Balaban J connectivity index is 2.40. The van der Waals surface area contributed by atoms with Crippen LogP contribution in [0.25, 0.3) is 0 Å². The third-order valence-electron chi connectivity index (χ3n) is 2.85. The molecule has 0 unspecified atom stereocenters. The Bertz CT molecular complexity index is 512. The van der Waals surface area contributed by atoms with Gasteiger partial charge in [-0.2, -0.15) is 4.31 Å². The molecular formula is C11H13BrClNO2S. The van der Waals surface area contributed by atoms with Gasteiger partial charge in [-0.05, 0) is 40.9 Å². The Morgan fingerprint density at radius 2 is 1.82 bits per heavy atom. The Kier molecular flexibility index (Phi) is 4.13. The van der Waals surface area contributed by atoms with Gasteiger partial charge in [-0.3, -0.25) is 0 Å². The molecule has 1 heterocycles.